The van der Waals surface area contributed by atoms with Gasteiger partial charge in [0.05, 0.1) is 6.61 Å². The van der Waals surface area contributed by atoms with Crippen molar-refractivity contribution in [3.8, 4) is 5.75 Å². The zero-order chi connectivity index (χ0) is 9.68. The van der Waals surface area contributed by atoms with Crippen LogP contribution in [-0.4, -0.2) is 19.0 Å². The molecule has 0 atom stereocenters. The van der Waals surface area contributed by atoms with Gasteiger partial charge in [-0.15, -0.1) is 0 Å². The lowest BCUT2D eigenvalue weighted by Gasteiger charge is -2.08. The number of methoxy groups -OCH3 is 1. The molecule has 0 heterocycles. The quantitative estimate of drug-likeness (QED) is 0.757. The van der Waals surface area contributed by atoms with Crippen LogP contribution in [0.1, 0.15) is 5.56 Å². The van der Waals surface area contributed by atoms with E-state index < -0.39 is 0 Å². The number of ether oxygens (including phenoxy) is 2. The van der Waals surface area contributed by atoms with Gasteiger partial charge in [-0.3, -0.25) is 0 Å². The molecule has 0 aromatic heterocycles. The van der Waals surface area contributed by atoms with Crippen molar-refractivity contribution in [2.75, 3.05) is 13.9 Å². The molecule has 0 radical (unpaired) electrons. The van der Waals surface area contributed by atoms with Crippen LogP contribution < -0.4 is 4.74 Å². The molecular weight excluding hydrogens is 192 g/mol. The Kier molecular flexibility index (Phi) is 4.02. The molecule has 0 saturated heterocycles. The maximum absolute atomic E-state index is 8.96. The average Bonchev–Trinajstić information content (AvgIpc) is 2.16. The normalized spacial score (nSPS) is 10.1. The largest absolute Gasteiger partial charge is 0.467 e. The summed E-state index contributed by atoms with van der Waals surface area (Å²) in [7, 11) is 1.54. The van der Waals surface area contributed by atoms with Crippen LogP contribution in [0.4, 0.5) is 0 Å². The van der Waals surface area contributed by atoms with Gasteiger partial charge in [-0.25, -0.2) is 0 Å². The molecule has 1 rings (SSSR count). The SMILES string of the molecule is COCOc1ccc(Cl)cc1CO. The van der Waals surface area contributed by atoms with Gasteiger partial charge in [0.25, 0.3) is 0 Å². The molecule has 1 N–H and O–H groups in total. The van der Waals surface area contributed by atoms with E-state index in [0.29, 0.717) is 16.3 Å². The number of aliphatic hydroxyl groups excluding tert-OH is 1. The highest BCUT2D eigenvalue weighted by Crippen LogP contribution is 2.22. The predicted octanol–water partition coefficient (Wildman–Crippen LogP) is 1.81. The van der Waals surface area contributed by atoms with E-state index in [4.69, 9.17) is 26.2 Å². The van der Waals surface area contributed by atoms with Crippen LogP contribution >= 0.6 is 11.6 Å². The first-order valence-electron chi connectivity index (χ1n) is 3.79. The zero-order valence-electron chi connectivity index (χ0n) is 7.29. The van der Waals surface area contributed by atoms with Crippen molar-refractivity contribution in [1.82, 2.24) is 0 Å². The first-order valence-corrected chi connectivity index (χ1v) is 4.16. The van der Waals surface area contributed by atoms with Gasteiger partial charge in [0.2, 0.25) is 0 Å². The van der Waals surface area contributed by atoms with E-state index in [2.05, 4.69) is 0 Å². The minimum absolute atomic E-state index is 0.0976. The molecule has 0 aliphatic rings. The van der Waals surface area contributed by atoms with E-state index in [1.807, 2.05) is 0 Å². The maximum Gasteiger partial charge on any atom is 0.188 e. The Morgan fingerprint density at radius 3 is 2.85 bits per heavy atom. The fourth-order valence-electron chi connectivity index (χ4n) is 0.935. The second-order valence-corrected chi connectivity index (χ2v) is 2.90. The van der Waals surface area contributed by atoms with E-state index in [-0.39, 0.29) is 13.4 Å². The Balaban J connectivity index is 2.79. The Morgan fingerprint density at radius 2 is 2.23 bits per heavy atom. The van der Waals surface area contributed by atoms with Gasteiger partial charge in [0.1, 0.15) is 5.75 Å². The van der Waals surface area contributed by atoms with Gasteiger partial charge in [-0.2, -0.15) is 0 Å². The van der Waals surface area contributed by atoms with Crippen LogP contribution in [-0.2, 0) is 11.3 Å². The highest BCUT2D eigenvalue weighted by Gasteiger charge is 2.02. The molecule has 0 amide bonds. The van der Waals surface area contributed by atoms with Gasteiger partial charge in [0.15, 0.2) is 6.79 Å². The van der Waals surface area contributed by atoms with Crippen molar-refractivity contribution in [1.29, 1.82) is 0 Å². The lowest BCUT2D eigenvalue weighted by molar-refractivity contribution is 0.0495. The Labute approximate surface area is 81.9 Å². The Morgan fingerprint density at radius 1 is 1.46 bits per heavy atom. The van der Waals surface area contributed by atoms with Gasteiger partial charge >= 0.3 is 0 Å². The fraction of sp³-hybridized carbons (Fsp3) is 0.333. The minimum Gasteiger partial charge on any atom is -0.467 e. The van der Waals surface area contributed by atoms with E-state index >= 15 is 0 Å². The number of rotatable bonds is 4. The van der Waals surface area contributed by atoms with Crippen molar-refractivity contribution >= 4 is 11.6 Å². The van der Waals surface area contributed by atoms with Crippen molar-refractivity contribution in [3.63, 3.8) is 0 Å². The number of hydrogen-bond acceptors (Lipinski definition) is 3. The average molecular weight is 203 g/mol. The molecule has 0 saturated carbocycles. The molecule has 3 nitrogen and oxygen atoms in total. The highest BCUT2D eigenvalue weighted by atomic mass is 35.5. The summed E-state index contributed by atoms with van der Waals surface area (Å²) in [6, 6.07) is 5.06. The van der Waals surface area contributed by atoms with Crippen LogP contribution in [0, 0.1) is 0 Å². The minimum atomic E-state index is -0.0976. The number of halogens is 1. The second-order valence-electron chi connectivity index (χ2n) is 2.46. The van der Waals surface area contributed by atoms with Crippen molar-refractivity contribution in [2.24, 2.45) is 0 Å². The Bertz CT molecular complexity index is 276. The summed E-state index contributed by atoms with van der Waals surface area (Å²) >= 11 is 5.73. The first kappa shape index (κ1) is 10.3. The van der Waals surface area contributed by atoms with E-state index in [1.165, 1.54) is 7.11 Å². The zero-order valence-corrected chi connectivity index (χ0v) is 8.04. The molecule has 4 heteroatoms. The van der Waals surface area contributed by atoms with Gasteiger partial charge in [0, 0.05) is 17.7 Å². The third-order valence-corrected chi connectivity index (χ3v) is 1.76. The molecular formula is C9H11ClO3. The van der Waals surface area contributed by atoms with Crippen molar-refractivity contribution < 1.29 is 14.6 Å². The number of hydrogen-bond donors (Lipinski definition) is 1. The summed E-state index contributed by atoms with van der Waals surface area (Å²) < 4.78 is 9.93. The van der Waals surface area contributed by atoms with E-state index in [1.54, 1.807) is 18.2 Å². The van der Waals surface area contributed by atoms with Crippen LogP contribution in [0.3, 0.4) is 0 Å². The standard InChI is InChI=1S/C9H11ClO3/c1-12-6-13-9-3-2-8(10)4-7(9)5-11/h2-4,11H,5-6H2,1H3. The van der Waals surface area contributed by atoms with Gasteiger partial charge in [-0.05, 0) is 18.2 Å². The monoisotopic (exact) mass is 202 g/mol. The third kappa shape index (κ3) is 2.88. The molecule has 0 spiro atoms. The summed E-state index contributed by atoms with van der Waals surface area (Å²) in [6.07, 6.45) is 0. The van der Waals surface area contributed by atoms with Crippen LogP contribution in [0.5, 0.6) is 5.75 Å². The predicted molar refractivity (Wildman–Crippen MR) is 49.9 cm³/mol. The van der Waals surface area contributed by atoms with Gasteiger partial charge in [-0.1, -0.05) is 11.6 Å². The van der Waals surface area contributed by atoms with E-state index in [9.17, 15) is 0 Å². The summed E-state index contributed by atoms with van der Waals surface area (Å²) in [5, 5.41) is 9.54. The highest BCUT2D eigenvalue weighted by molar-refractivity contribution is 6.30. The molecule has 0 fully saturated rings. The van der Waals surface area contributed by atoms with Gasteiger partial charge < -0.3 is 14.6 Å². The number of aliphatic hydroxyl groups is 1. The summed E-state index contributed by atoms with van der Waals surface area (Å²) in [5.41, 5.74) is 0.657. The number of benzene rings is 1. The fourth-order valence-corrected chi connectivity index (χ4v) is 1.13. The molecule has 0 bridgehead atoms. The Hall–Kier alpha value is -0.770. The molecule has 0 aliphatic carbocycles. The first-order chi connectivity index (χ1) is 6.27. The van der Waals surface area contributed by atoms with Crippen molar-refractivity contribution in [3.05, 3.63) is 28.8 Å². The van der Waals surface area contributed by atoms with Crippen molar-refractivity contribution in [2.45, 2.75) is 6.61 Å². The smallest absolute Gasteiger partial charge is 0.188 e. The third-order valence-electron chi connectivity index (χ3n) is 1.53. The molecule has 0 unspecified atom stereocenters. The lowest BCUT2D eigenvalue weighted by Crippen LogP contribution is -2.01. The summed E-state index contributed by atoms with van der Waals surface area (Å²) in [6.45, 7) is 0.0637. The maximum atomic E-state index is 8.96. The summed E-state index contributed by atoms with van der Waals surface area (Å²) in [4.78, 5) is 0. The lowest BCUT2D eigenvalue weighted by atomic mass is 10.2. The molecule has 72 valence electrons. The topological polar surface area (TPSA) is 38.7 Å². The van der Waals surface area contributed by atoms with Crippen LogP contribution in [0.15, 0.2) is 18.2 Å². The molecule has 1 aromatic carbocycles. The molecule has 1 aromatic rings. The van der Waals surface area contributed by atoms with Crippen LogP contribution in [0.25, 0.3) is 0 Å². The van der Waals surface area contributed by atoms with Crippen LogP contribution in [0.2, 0.25) is 5.02 Å². The molecule has 0 aliphatic heterocycles. The second kappa shape index (κ2) is 5.07. The molecule has 13 heavy (non-hydrogen) atoms. The summed E-state index contributed by atoms with van der Waals surface area (Å²) in [5.74, 6) is 0.591. The van der Waals surface area contributed by atoms with E-state index in [0.717, 1.165) is 0 Å².